The summed E-state index contributed by atoms with van der Waals surface area (Å²) >= 11 is 2.81. The van der Waals surface area contributed by atoms with E-state index in [4.69, 9.17) is 0 Å². The van der Waals surface area contributed by atoms with Gasteiger partial charge in [0.2, 0.25) is 5.13 Å². The van der Waals surface area contributed by atoms with Crippen LogP contribution in [0.15, 0.2) is 28.6 Å². The number of nitro groups is 1. The zero-order valence-corrected chi connectivity index (χ0v) is 12.7. The highest BCUT2D eigenvalue weighted by Gasteiger charge is 2.20. The van der Waals surface area contributed by atoms with Crippen molar-refractivity contribution in [2.24, 2.45) is 0 Å². The number of para-hydroxylation sites is 1. The largest absolute Gasteiger partial charge is 0.296 e. The fourth-order valence-electron chi connectivity index (χ4n) is 1.50. The van der Waals surface area contributed by atoms with Crippen LogP contribution in [0.1, 0.15) is 23.7 Å². The predicted molar refractivity (Wildman–Crippen MR) is 82.0 cm³/mol. The fraction of sp³-hybridized carbons (Fsp3) is 0.250. The number of hydrogen-bond donors (Lipinski definition) is 1. The maximum absolute atomic E-state index is 12.1. The molecule has 0 aliphatic rings. The average Bonchev–Trinajstić information content (AvgIpc) is 2.92. The van der Waals surface area contributed by atoms with E-state index in [0.717, 1.165) is 16.5 Å². The van der Waals surface area contributed by atoms with Crippen molar-refractivity contribution < 1.29 is 9.72 Å². The third-order valence-electron chi connectivity index (χ3n) is 2.40. The summed E-state index contributed by atoms with van der Waals surface area (Å²) in [5.41, 5.74) is -0.236. The molecule has 2 rings (SSSR count). The molecule has 1 amide bonds. The molecule has 0 bridgehead atoms. The van der Waals surface area contributed by atoms with Crippen molar-refractivity contribution in [3.63, 3.8) is 0 Å². The minimum Gasteiger partial charge on any atom is -0.296 e. The lowest BCUT2D eigenvalue weighted by atomic mass is 10.1. The molecule has 0 saturated heterocycles. The molecule has 0 unspecified atom stereocenters. The van der Waals surface area contributed by atoms with E-state index in [2.05, 4.69) is 22.4 Å². The molecule has 0 atom stereocenters. The van der Waals surface area contributed by atoms with E-state index in [1.54, 1.807) is 17.8 Å². The number of hydrogen-bond acceptors (Lipinski definition) is 7. The van der Waals surface area contributed by atoms with Crippen molar-refractivity contribution in [2.45, 2.75) is 17.7 Å². The standard InChI is InChI=1S/C12H12N4O3S2/c1-2-7-20-12-15-14-11(21-12)13-10(17)8-5-3-4-6-9(8)16(18)19/h3-6H,2,7H2,1H3,(H,13,14,17). The summed E-state index contributed by atoms with van der Waals surface area (Å²) in [4.78, 5) is 22.4. The molecule has 2 aromatic rings. The third kappa shape index (κ3) is 3.99. The van der Waals surface area contributed by atoms with Crippen LogP contribution in [0.25, 0.3) is 0 Å². The zero-order chi connectivity index (χ0) is 15.2. The zero-order valence-electron chi connectivity index (χ0n) is 11.1. The van der Waals surface area contributed by atoms with Crippen molar-refractivity contribution in [1.29, 1.82) is 0 Å². The molecule has 9 heteroatoms. The summed E-state index contributed by atoms with van der Waals surface area (Å²) in [6.45, 7) is 2.06. The maximum Gasteiger partial charge on any atom is 0.282 e. The number of carbonyl (C=O) groups excluding carboxylic acids is 1. The van der Waals surface area contributed by atoms with Crippen molar-refractivity contribution in [3.8, 4) is 0 Å². The first kappa shape index (κ1) is 15.4. The second kappa shape index (κ2) is 7.14. The van der Waals surface area contributed by atoms with Gasteiger partial charge in [0.1, 0.15) is 5.56 Å². The van der Waals surface area contributed by atoms with E-state index in [-0.39, 0.29) is 11.3 Å². The van der Waals surface area contributed by atoms with Gasteiger partial charge in [0.05, 0.1) is 4.92 Å². The number of carbonyl (C=O) groups is 1. The van der Waals surface area contributed by atoms with Crippen LogP contribution in [0.5, 0.6) is 0 Å². The van der Waals surface area contributed by atoms with E-state index in [1.807, 2.05) is 0 Å². The van der Waals surface area contributed by atoms with Gasteiger partial charge in [-0.3, -0.25) is 20.2 Å². The number of rotatable bonds is 6. The van der Waals surface area contributed by atoms with Crippen LogP contribution in [0.3, 0.4) is 0 Å². The van der Waals surface area contributed by atoms with Crippen molar-refractivity contribution in [3.05, 3.63) is 39.9 Å². The van der Waals surface area contributed by atoms with E-state index in [1.165, 1.54) is 29.5 Å². The molecule has 0 radical (unpaired) electrons. The summed E-state index contributed by atoms with van der Waals surface area (Å²) in [6.07, 6.45) is 1.02. The first-order valence-corrected chi connectivity index (χ1v) is 7.93. The highest BCUT2D eigenvalue weighted by Crippen LogP contribution is 2.27. The predicted octanol–water partition coefficient (Wildman–Crippen LogP) is 3.20. The molecule has 21 heavy (non-hydrogen) atoms. The number of nitro benzene ring substituents is 1. The summed E-state index contributed by atoms with van der Waals surface area (Å²) < 4.78 is 0.759. The molecule has 0 saturated carbocycles. The quantitative estimate of drug-likeness (QED) is 0.379. The number of aromatic nitrogens is 2. The Morgan fingerprint density at radius 1 is 1.43 bits per heavy atom. The monoisotopic (exact) mass is 324 g/mol. The minimum atomic E-state index is -0.586. The number of nitrogens with zero attached hydrogens (tertiary/aromatic N) is 3. The molecular weight excluding hydrogens is 312 g/mol. The Morgan fingerprint density at radius 3 is 2.90 bits per heavy atom. The van der Waals surface area contributed by atoms with Crippen LogP contribution in [0, 0.1) is 10.1 Å². The van der Waals surface area contributed by atoms with Gasteiger partial charge in [-0.05, 0) is 12.5 Å². The van der Waals surface area contributed by atoms with Gasteiger partial charge in [0.15, 0.2) is 4.34 Å². The minimum absolute atomic E-state index is 0.000427. The highest BCUT2D eigenvalue weighted by molar-refractivity contribution is 8.01. The van der Waals surface area contributed by atoms with Gasteiger partial charge in [0.25, 0.3) is 11.6 Å². The molecule has 7 nitrogen and oxygen atoms in total. The normalized spacial score (nSPS) is 10.3. The number of nitrogens with one attached hydrogen (secondary N) is 1. The molecule has 1 heterocycles. The van der Waals surface area contributed by atoms with Crippen LogP contribution >= 0.6 is 23.1 Å². The molecule has 1 N–H and O–H groups in total. The molecule has 0 spiro atoms. The van der Waals surface area contributed by atoms with Gasteiger partial charge < -0.3 is 0 Å². The SMILES string of the molecule is CCCSc1nnc(NC(=O)c2ccccc2[N+](=O)[O-])s1. The van der Waals surface area contributed by atoms with Crippen LogP contribution in [0.4, 0.5) is 10.8 Å². The highest BCUT2D eigenvalue weighted by atomic mass is 32.2. The topological polar surface area (TPSA) is 98.0 Å². The Hall–Kier alpha value is -2.00. The second-order valence-corrected chi connectivity index (χ2v) is 6.27. The Labute approximate surface area is 128 Å². The van der Waals surface area contributed by atoms with E-state index in [9.17, 15) is 14.9 Å². The lowest BCUT2D eigenvalue weighted by molar-refractivity contribution is -0.385. The molecular formula is C12H12N4O3S2. The third-order valence-corrected chi connectivity index (χ3v) is 4.58. The van der Waals surface area contributed by atoms with Crippen LogP contribution in [0.2, 0.25) is 0 Å². The Balaban J connectivity index is 2.11. The number of amides is 1. The van der Waals surface area contributed by atoms with E-state index >= 15 is 0 Å². The van der Waals surface area contributed by atoms with Gasteiger partial charge in [-0.1, -0.05) is 42.2 Å². The average molecular weight is 324 g/mol. The summed E-state index contributed by atoms with van der Waals surface area (Å²) in [5, 5.41) is 21.6. The molecule has 1 aromatic heterocycles. The van der Waals surface area contributed by atoms with Crippen molar-refractivity contribution in [2.75, 3.05) is 11.1 Å². The summed E-state index contributed by atoms with van der Waals surface area (Å²) in [5.74, 6) is 0.359. The van der Waals surface area contributed by atoms with Crippen LogP contribution in [-0.4, -0.2) is 26.8 Å². The summed E-state index contributed by atoms with van der Waals surface area (Å²) in [6, 6.07) is 5.78. The number of thioether (sulfide) groups is 1. The fourth-order valence-corrected chi connectivity index (χ4v) is 3.17. The van der Waals surface area contributed by atoms with Gasteiger partial charge in [-0.25, -0.2) is 0 Å². The maximum atomic E-state index is 12.1. The van der Waals surface area contributed by atoms with Gasteiger partial charge >= 0.3 is 0 Å². The summed E-state index contributed by atoms with van der Waals surface area (Å²) in [7, 11) is 0. The Morgan fingerprint density at radius 2 is 2.19 bits per heavy atom. The first-order valence-electron chi connectivity index (χ1n) is 6.13. The van der Waals surface area contributed by atoms with Gasteiger partial charge in [0, 0.05) is 11.8 Å². The van der Waals surface area contributed by atoms with E-state index in [0.29, 0.717) is 5.13 Å². The Bertz CT molecular complexity index is 659. The van der Waals surface area contributed by atoms with Crippen molar-refractivity contribution in [1.82, 2.24) is 10.2 Å². The van der Waals surface area contributed by atoms with Crippen LogP contribution < -0.4 is 5.32 Å². The molecule has 110 valence electrons. The number of benzene rings is 1. The van der Waals surface area contributed by atoms with Crippen LogP contribution in [-0.2, 0) is 0 Å². The first-order chi connectivity index (χ1) is 10.1. The second-order valence-electron chi connectivity index (χ2n) is 3.95. The lowest BCUT2D eigenvalue weighted by Gasteiger charge is -2.01. The molecule has 0 aliphatic heterocycles. The molecule has 0 aliphatic carbocycles. The van der Waals surface area contributed by atoms with Gasteiger partial charge in [-0.2, -0.15) is 0 Å². The van der Waals surface area contributed by atoms with Crippen molar-refractivity contribution >= 4 is 39.8 Å². The lowest BCUT2D eigenvalue weighted by Crippen LogP contribution is -2.13. The smallest absolute Gasteiger partial charge is 0.282 e. The number of anilines is 1. The van der Waals surface area contributed by atoms with E-state index < -0.39 is 10.8 Å². The van der Waals surface area contributed by atoms with Gasteiger partial charge in [-0.15, -0.1) is 10.2 Å². The Kier molecular flexibility index (Phi) is 5.23. The molecule has 1 aromatic carbocycles. The molecule has 0 fully saturated rings.